The molecule has 0 radical (unpaired) electrons. The Labute approximate surface area is 84.0 Å². The summed E-state index contributed by atoms with van der Waals surface area (Å²) in [6, 6.07) is 0. The monoisotopic (exact) mass is 215 g/mol. The molecule has 0 rings (SSSR count). The van der Waals surface area contributed by atoms with Crippen LogP contribution in [-0.4, -0.2) is 38.0 Å². The summed E-state index contributed by atoms with van der Waals surface area (Å²) in [5.41, 5.74) is 0. The maximum atomic E-state index is 11.6. The van der Waals surface area contributed by atoms with Crippen molar-refractivity contribution in [2.24, 2.45) is 0 Å². The Kier molecular flexibility index (Phi) is 9.29. The quantitative estimate of drug-likeness (QED) is 0.715. The van der Waals surface area contributed by atoms with Crippen molar-refractivity contribution in [1.29, 1.82) is 0 Å². The van der Waals surface area contributed by atoms with Gasteiger partial charge in [0.05, 0.1) is 6.10 Å². The van der Waals surface area contributed by atoms with Crippen LogP contribution in [0.2, 0.25) is 0 Å². The molecule has 0 heterocycles. The number of hydrogen-bond donors (Lipinski definition) is 0. The number of rotatable bonds is 4. The molecular weight excluding hydrogens is 195 g/mol. The zero-order valence-corrected chi connectivity index (χ0v) is 9.48. The first-order chi connectivity index (χ1) is 6.31. The molecule has 2 nitrogen and oxygen atoms in total. The number of halogens is 3. The second-order valence-electron chi connectivity index (χ2n) is 2.97. The fourth-order valence-electron chi connectivity index (χ4n) is 0.727. The zero-order chi connectivity index (χ0) is 11.8. The number of alkyl halides is 3. The molecular formula is C9H20F3NO. The first kappa shape index (κ1) is 16.2. The van der Waals surface area contributed by atoms with Gasteiger partial charge in [0.15, 0.2) is 0 Å². The van der Waals surface area contributed by atoms with Crippen LogP contribution >= 0.6 is 0 Å². The summed E-state index contributed by atoms with van der Waals surface area (Å²) >= 11 is 0. The Morgan fingerprint density at radius 3 is 1.93 bits per heavy atom. The van der Waals surface area contributed by atoms with E-state index in [1.807, 2.05) is 18.7 Å². The van der Waals surface area contributed by atoms with Crippen LogP contribution in [0.5, 0.6) is 0 Å². The van der Waals surface area contributed by atoms with Gasteiger partial charge in [0.1, 0.15) is 0 Å². The molecule has 0 aromatic carbocycles. The molecule has 0 amide bonds. The maximum Gasteiger partial charge on any atom is 0.522 e. The van der Waals surface area contributed by atoms with Gasteiger partial charge in [-0.2, -0.15) is 0 Å². The molecule has 5 heteroatoms. The SMILES string of the molecule is CC.CC(CCN(C)C)OC(F)(F)F. The van der Waals surface area contributed by atoms with Crippen molar-refractivity contribution >= 4 is 0 Å². The second kappa shape index (κ2) is 8.05. The van der Waals surface area contributed by atoms with Crippen LogP contribution in [0.4, 0.5) is 13.2 Å². The average molecular weight is 215 g/mol. The lowest BCUT2D eigenvalue weighted by molar-refractivity contribution is -0.340. The van der Waals surface area contributed by atoms with Crippen molar-refractivity contribution in [3.63, 3.8) is 0 Å². The van der Waals surface area contributed by atoms with E-state index < -0.39 is 12.5 Å². The van der Waals surface area contributed by atoms with Crippen LogP contribution in [0.3, 0.4) is 0 Å². The van der Waals surface area contributed by atoms with E-state index in [1.165, 1.54) is 6.92 Å². The highest BCUT2D eigenvalue weighted by Crippen LogP contribution is 2.19. The smallest absolute Gasteiger partial charge is 0.309 e. The minimum atomic E-state index is -4.51. The van der Waals surface area contributed by atoms with Crippen LogP contribution in [0.25, 0.3) is 0 Å². The zero-order valence-electron chi connectivity index (χ0n) is 9.48. The Bertz CT molecular complexity index is 126. The summed E-state index contributed by atoms with van der Waals surface area (Å²) in [4.78, 5) is 1.82. The summed E-state index contributed by atoms with van der Waals surface area (Å²) in [5.74, 6) is 0. The Balaban J connectivity index is 0. The molecule has 0 spiro atoms. The molecule has 0 aromatic rings. The molecule has 0 N–H and O–H groups in total. The van der Waals surface area contributed by atoms with E-state index in [2.05, 4.69) is 4.74 Å². The lowest BCUT2D eigenvalue weighted by Crippen LogP contribution is -2.25. The predicted molar refractivity (Wildman–Crippen MR) is 51.1 cm³/mol. The molecule has 0 aliphatic rings. The van der Waals surface area contributed by atoms with E-state index in [9.17, 15) is 13.2 Å². The molecule has 14 heavy (non-hydrogen) atoms. The maximum absolute atomic E-state index is 11.6. The summed E-state index contributed by atoms with van der Waals surface area (Å²) in [5, 5.41) is 0. The summed E-state index contributed by atoms with van der Waals surface area (Å²) in [6.45, 7) is 6.01. The Morgan fingerprint density at radius 1 is 1.21 bits per heavy atom. The van der Waals surface area contributed by atoms with Crippen LogP contribution in [0, 0.1) is 0 Å². The van der Waals surface area contributed by atoms with Crippen LogP contribution in [-0.2, 0) is 4.74 Å². The highest BCUT2D eigenvalue weighted by molar-refractivity contribution is 4.53. The largest absolute Gasteiger partial charge is 0.522 e. The number of nitrogens with zero attached hydrogens (tertiary/aromatic N) is 1. The van der Waals surface area contributed by atoms with Crippen LogP contribution < -0.4 is 0 Å². The van der Waals surface area contributed by atoms with Gasteiger partial charge in [-0.25, -0.2) is 0 Å². The second-order valence-corrected chi connectivity index (χ2v) is 2.97. The highest BCUT2D eigenvalue weighted by Gasteiger charge is 2.31. The van der Waals surface area contributed by atoms with E-state index in [4.69, 9.17) is 0 Å². The first-order valence-corrected chi connectivity index (χ1v) is 4.70. The third-order valence-electron chi connectivity index (χ3n) is 1.32. The number of hydrogen-bond acceptors (Lipinski definition) is 2. The van der Waals surface area contributed by atoms with E-state index in [1.54, 1.807) is 14.1 Å². The van der Waals surface area contributed by atoms with E-state index in [0.717, 1.165) is 0 Å². The molecule has 0 aliphatic carbocycles. The van der Waals surface area contributed by atoms with Gasteiger partial charge in [0.2, 0.25) is 0 Å². The summed E-state index contributed by atoms with van der Waals surface area (Å²) in [7, 11) is 3.61. The third kappa shape index (κ3) is 14.2. The van der Waals surface area contributed by atoms with Crippen molar-refractivity contribution in [3.8, 4) is 0 Å². The van der Waals surface area contributed by atoms with E-state index in [-0.39, 0.29) is 0 Å². The van der Waals surface area contributed by atoms with Crippen LogP contribution in [0.1, 0.15) is 27.2 Å². The minimum Gasteiger partial charge on any atom is -0.309 e. The lowest BCUT2D eigenvalue weighted by atomic mass is 10.3. The number of ether oxygens (including phenoxy) is 1. The average Bonchev–Trinajstić information content (AvgIpc) is 2.02. The van der Waals surface area contributed by atoms with E-state index in [0.29, 0.717) is 13.0 Å². The molecule has 0 bridgehead atoms. The fourth-order valence-corrected chi connectivity index (χ4v) is 0.727. The van der Waals surface area contributed by atoms with Gasteiger partial charge in [0.25, 0.3) is 0 Å². The van der Waals surface area contributed by atoms with Crippen LogP contribution in [0.15, 0.2) is 0 Å². The summed E-state index contributed by atoms with van der Waals surface area (Å²) in [6.07, 6.45) is -4.90. The molecule has 88 valence electrons. The molecule has 1 unspecified atom stereocenters. The van der Waals surface area contributed by atoms with Crippen molar-refractivity contribution in [1.82, 2.24) is 4.90 Å². The molecule has 0 saturated carbocycles. The molecule has 0 fully saturated rings. The topological polar surface area (TPSA) is 12.5 Å². The minimum absolute atomic E-state index is 0.381. The van der Waals surface area contributed by atoms with Gasteiger partial charge in [-0.3, -0.25) is 4.74 Å². The molecule has 1 atom stereocenters. The molecule has 0 aromatic heterocycles. The van der Waals surface area contributed by atoms with Gasteiger partial charge in [-0.15, -0.1) is 13.2 Å². The van der Waals surface area contributed by atoms with Crippen molar-refractivity contribution in [2.75, 3.05) is 20.6 Å². The molecule has 0 aliphatic heterocycles. The molecule has 0 saturated heterocycles. The van der Waals surface area contributed by atoms with E-state index >= 15 is 0 Å². The Hall–Kier alpha value is -0.290. The predicted octanol–water partition coefficient (Wildman–Crippen LogP) is 2.89. The first-order valence-electron chi connectivity index (χ1n) is 4.70. The van der Waals surface area contributed by atoms with Crippen molar-refractivity contribution in [3.05, 3.63) is 0 Å². The standard InChI is InChI=1S/C7H14F3NO.C2H6/c1-6(4-5-11(2)3)12-7(8,9)10;1-2/h6H,4-5H2,1-3H3;1-2H3. The fraction of sp³-hybridized carbons (Fsp3) is 1.00. The van der Waals surface area contributed by atoms with Crippen molar-refractivity contribution in [2.45, 2.75) is 39.7 Å². The Morgan fingerprint density at radius 2 is 1.64 bits per heavy atom. The van der Waals surface area contributed by atoms with Gasteiger partial charge < -0.3 is 4.90 Å². The third-order valence-corrected chi connectivity index (χ3v) is 1.32. The van der Waals surface area contributed by atoms with Gasteiger partial charge >= 0.3 is 6.36 Å². The van der Waals surface area contributed by atoms with Gasteiger partial charge in [-0.1, -0.05) is 13.8 Å². The normalized spacial score (nSPS) is 13.5. The van der Waals surface area contributed by atoms with Crippen molar-refractivity contribution < 1.29 is 17.9 Å². The van der Waals surface area contributed by atoms with Gasteiger partial charge in [0, 0.05) is 0 Å². The van der Waals surface area contributed by atoms with Gasteiger partial charge in [-0.05, 0) is 34.0 Å². The lowest BCUT2D eigenvalue weighted by Gasteiger charge is -2.17. The highest BCUT2D eigenvalue weighted by atomic mass is 19.4. The summed E-state index contributed by atoms with van der Waals surface area (Å²) < 4.78 is 38.5.